The van der Waals surface area contributed by atoms with Crippen molar-refractivity contribution in [2.75, 3.05) is 11.6 Å². The number of nitrogens with two attached hydrogens (primary N) is 1. The van der Waals surface area contributed by atoms with Crippen molar-refractivity contribution in [3.63, 3.8) is 0 Å². The average molecular weight is 189 g/mol. The van der Waals surface area contributed by atoms with E-state index in [4.69, 9.17) is 5.73 Å². The Hall–Kier alpha value is -1.84. The molecule has 4 heteroatoms. The maximum atomic E-state index is 10.8. The minimum atomic E-state index is -0.401. The molecule has 2 N–H and O–H groups in total. The van der Waals surface area contributed by atoms with Gasteiger partial charge in [0.05, 0.1) is 5.69 Å². The Kier molecular flexibility index (Phi) is 2.18. The molecule has 0 saturated carbocycles. The second kappa shape index (κ2) is 3.49. The Morgan fingerprint density at radius 1 is 1.36 bits per heavy atom. The van der Waals surface area contributed by atoms with Gasteiger partial charge in [0.2, 0.25) is 5.91 Å². The van der Waals surface area contributed by atoms with Gasteiger partial charge in [-0.25, -0.2) is 0 Å². The van der Waals surface area contributed by atoms with E-state index in [0.717, 1.165) is 18.7 Å². The minimum Gasteiger partial charge on any atom is -0.366 e. The molecule has 72 valence electrons. The van der Waals surface area contributed by atoms with E-state index in [0.29, 0.717) is 5.56 Å². The van der Waals surface area contributed by atoms with Gasteiger partial charge in [0, 0.05) is 24.7 Å². The van der Waals surface area contributed by atoms with E-state index in [1.54, 1.807) is 12.1 Å². The molecule has 1 aliphatic rings. The predicted molar refractivity (Wildman–Crippen MR) is 55.4 cm³/mol. The van der Waals surface area contributed by atoms with Crippen molar-refractivity contribution in [3.8, 4) is 0 Å². The summed E-state index contributed by atoms with van der Waals surface area (Å²) < 4.78 is 0. The summed E-state index contributed by atoms with van der Waals surface area (Å²) in [6, 6.07) is 7.13. The van der Waals surface area contributed by atoms with Crippen LogP contribution in [-0.2, 0) is 0 Å². The molecule has 0 aliphatic carbocycles. The Morgan fingerprint density at radius 2 is 2.07 bits per heavy atom. The number of anilines is 1. The van der Waals surface area contributed by atoms with E-state index in [1.807, 2.05) is 23.4 Å². The summed E-state index contributed by atoms with van der Waals surface area (Å²) in [7, 11) is 0. The first-order valence-electron chi connectivity index (χ1n) is 4.47. The van der Waals surface area contributed by atoms with Gasteiger partial charge in [0.25, 0.3) is 0 Å². The van der Waals surface area contributed by atoms with Gasteiger partial charge >= 0.3 is 0 Å². The highest BCUT2D eigenvalue weighted by Crippen LogP contribution is 2.17. The number of nitrogens with zero attached hydrogens (tertiary/aromatic N) is 2. The van der Waals surface area contributed by atoms with Crippen LogP contribution in [0.5, 0.6) is 0 Å². The van der Waals surface area contributed by atoms with Crippen molar-refractivity contribution in [3.05, 3.63) is 29.8 Å². The molecular weight excluding hydrogens is 178 g/mol. The fourth-order valence-corrected chi connectivity index (χ4v) is 1.39. The van der Waals surface area contributed by atoms with Gasteiger partial charge in [-0.1, -0.05) is 0 Å². The molecule has 4 nitrogen and oxygen atoms in total. The monoisotopic (exact) mass is 189 g/mol. The van der Waals surface area contributed by atoms with Crippen LogP contribution in [0.4, 0.5) is 5.69 Å². The van der Waals surface area contributed by atoms with Crippen molar-refractivity contribution in [1.82, 2.24) is 0 Å². The Morgan fingerprint density at radius 3 is 2.57 bits per heavy atom. The first-order valence-corrected chi connectivity index (χ1v) is 4.47. The molecule has 0 atom stereocenters. The maximum Gasteiger partial charge on any atom is 0.248 e. The van der Waals surface area contributed by atoms with E-state index in [-0.39, 0.29) is 0 Å². The zero-order chi connectivity index (χ0) is 9.97. The van der Waals surface area contributed by atoms with Crippen molar-refractivity contribution in [2.24, 2.45) is 10.8 Å². The molecule has 1 amide bonds. The fourth-order valence-electron chi connectivity index (χ4n) is 1.39. The van der Waals surface area contributed by atoms with Gasteiger partial charge in [-0.15, -0.1) is 0 Å². The second-order valence-electron chi connectivity index (χ2n) is 3.12. The van der Waals surface area contributed by atoms with Crippen LogP contribution in [0.3, 0.4) is 0 Å². The van der Waals surface area contributed by atoms with E-state index in [9.17, 15) is 4.79 Å². The van der Waals surface area contributed by atoms with E-state index in [2.05, 4.69) is 5.10 Å². The van der Waals surface area contributed by atoms with Crippen molar-refractivity contribution >= 4 is 17.8 Å². The number of amides is 1. The third-order valence-corrected chi connectivity index (χ3v) is 2.14. The zero-order valence-electron chi connectivity index (χ0n) is 7.68. The smallest absolute Gasteiger partial charge is 0.248 e. The summed E-state index contributed by atoms with van der Waals surface area (Å²) in [6.45, 7) is 0.899. The van der Waals surface area contributed by atoms with Crippen LogP contribution in [-0.4, -0.2) is 18.7 Å². The highest BCUT2D eigenvalue weighted by molar-refractivity contribution is 5.93. The first kappa shape index (κ1) is 8.74. The number of benzene rings is 1. The molecule has 0 aromatic heterocycles. The van der Waals surface area contributed by atoms with Gasteiger partial charge in [-0.3, -0.25) is 9.80 Å². The van der Waals surface area contributed by atoms with Crippen molar-refractivity contribution < 1.29 is 4.79 Å². The highest BCUT2D eigenvalue weighted by atomic mass is 16.1. The van der Waals surface area contributed by atoms with Crippen LogP contribution in [0.2, 0.25) is 0 Å². The van der Waals surface area contributed by atoms with Crippen LogP contribution in [0, 0.1) is 0 Å². The predicted octanol–water partition coefficient (Wildman–Crippen LogP) is 0.981. The molecule has 0 saturated heterocycles. The molecular formula is C10H11N3O. The molecule has 1 aliphatic heterocycles. The molecule has 1 aromatic carbocycles. The molecule has 14 heavy (non-hydrogen) atoms. The zero-order valence-corrected chi connectivity index (χ0v) is 7.68. The Balaban J connectivity index is 2.21. The minimum absolute atomic E-state index is 0.401. The molecule has 0 unspecified atom stereocenters. The lowest BCUT2D eigenvalue weighted by Gasteiger charge is -2.13. The summed E-state index contributed by atoms with van der Waals surface area (Å²) in [4.78, 5) is 10.8. The summed E-state index contributed by atoms with van der Waals surface area (Å²) in [6.07, 6.45) is 2.85. The van der Waals surface area contributed by atoms with Gasteiger partial charge in [0.1, 0.15) is 0 Å². The maximum absolute atomic E-state index is 10.8. The van der Waals surface area contributed by atoms with Gasteiger partial charge in [0.15, 0.2) is 0 Å². The largest absolute Gasteiger partial charge is 0.366 e. The van der Waals surface area contributed by atoms with E-state index >= 15 is 0 Å². The SMILES string of the molecule is NC(=O)c1ccc(N2CCC=N2)cc1. The molecule has 0 radical (unpaired) electrons. The number of rotatable bonds is 2. The third kappa shape index (κ3) is 1.59. The first-order chi connectivity index (χ1) is 6.77. The standard InChI is InChI=1S/C10H11N3O/c11-10(14)8-2-4-9(5-3-8)13-7-1-6-12-13/h2-6H,1,7H2,(H2,11,14). The topological polar surface area (TPSA) is 58.7 Å². The van der Waals surface area contributed by atoms with Gasteiger partial charge in [-0.05, 0) is 24.3 Å². The molecule has 0 fully saturated rings. The fraction of sp³-hybridized carbons (Fsp3) is 0.200. The molecule has 0 spiro atoms. The van der Waals surface area contributed by atoms with Crippen LogP contribution >= 0.6 is 0 Å². The molecule has 0 bridgehead atoms. The van der Waals surface area contributed by atoms with Crippen LogP contribution in [0.25, 0.3) is 0 Å². The number of primary amides is 1. The molecule has 1 aromatic rings. The number of carbonyl (C=O) groups excluding carboxylic acids is 1. The van der Waals surface area contributed by atoms with Gasteiger partial charge < -0.3 is 5.73 Å². The second-order valence-corrected chi connectivity index (χ2v) is 3.12. The van der Waals surface area contributed by atoms with Crippen molar-refractivity contribution in [1.29, 1.82) is 0 Å². The Labute approximate surface area is 82.0 Å². The lowest BCUT2D eigenvalue weighted by Crippen LogP contribution is -2.13. The number of hydrazone groups is 1. The summed E-state index contributed by atoms with van der Waals surface area (Å²) in [5.74, 6) is -0.401. The quantitative estimate of drug-likeness (QED) is 0.753. The number of hydrogen-bond donors (Lipinski definition) is 1. The summed E-state index contributed by atoms with van der Waals surface area (Å²) >= 11 is 0. The summed E-state index contributed by atoms with van der Waals surface area (Å²) in [5, 5.41) is 6.07. The average Bonchev–Trinajstić information content (AvgIpc) is 2.71. The normalized spacial score (nSPS) is 14.7. The third-order valence-electron chi connectivity index (χ3n) is 2.14. The van der Waals surface area contributed by atoms with Crippen LogP contribution < -0.4 is 10.7 Å². The summed E-state index contributed by atoms with van der Waals surface area (Å²) in [5.41, 5.74) is 6.65. The van der Waals surface area contributed by atoms with Crippen LogP contribution in [0.1, 0.15) is 16.8 Å². The lowest BCUT2D eigenvalue weighted by molar-refractivity contribution is 0.100. The number of carbonyl (C=O) groups is 1. The van der Waals surface area contributed by atoms with E-state index < -0.39 is 5.91 Å². The number of hydrogen-bond acceptors (Lipinski definition) is 3. The highest BCUT2D eigenvalue weighted by Gasteiger charge is 2.08. The van der Waals surface area contributed by atoms with Crippen molar-refractivity contribution in [2.45, 2.75) is 6.42 Å². The lowest BCUT2D eigenvalue weighted by atomic mass is 10.2. The molecule has 2 rings (SSSR count). The van der Waals surface area contributed by atoms with E-state index in [1.165, 1.54) is 0 Å². The van der Waals surface area contributed by atoms with Crippen LogP contribution in [0.15, 0.2) is 29.4 Å². The molecule has 1 heterocycles. The van der Waals surface area contributed by atoms with Gasteiger partial charge in [-0.2, -0.15) is 5.10 Å². The Bertz CT molecular complexity index is 369.